The van der Waals surface area contributed by atoms with E-state index in [1.54, 1.807) is 12.1 Å². The summed E-state index contributed by atoms with van der Waals surface area (Å²) in [6, 6.07) is 15.7. The van der Waals surface area contributed by atoms with Crippen molar-refractivity contribution in [3.05, 3.63) is 59.7 Å². The highest BCUT2D eigenvalue weighted by Gasteiger charge is 2.25. The van der Waals surface area contributed by atoms with Gasteiger partial charge in [0.2, 0.25) is 10.0 Å². The van der Waals surface area contributed by atoms with Crippen molar-refractivity contribution in [2.24, 2.45) is 0 Å². The highest BCUT2D eigenvalue weighted by Crippen LogP contribution is 2.32. The van der Waals surface area contributed by atoms with Crippen molar-refractivity contribution in [3.8, 4) is 11.8 Å². The molecule has 5 nitrogen and oxygen atoms in total. The quantitative estimate of drug-likeness (QED) is 0.926. The van der Waals surface area contributed by atoms with Gasteiger partial charge in [-0.1, -0.05) is 30.3 Å². The van der Waals surface area contributed by atoms with Crippen LogP contribution in [0, 0.1) is 11.3 Å². The van der Waals surface area contributed by atoms with E-state index < -0.39 is 10.0 Å². The molecule has 3 rings (SSSR count). The Labute approximate surface area is 141 Å². The fourth-order valence-electron chi connectivity index (χ4n) is 2.78. The van der Waals surface area contributed by atoms with Gasteiger partial charge in [0.05, 0.1) is 30.0 Å². The maximum atomic E-state index is 12.7. The lowest BCUT2D eigenvalue weighted by Gasteiger charge is -2.18. The Hall–Kier alpha value is -2.36. The van der Waals surface area contributed by atoms with E-state index in [2.05, 4.69) is 4.72 Å². The number of sulfonamides is 1. The third-order valence-corrected chi connectivity index (χ3v) is 5.49. The molecule has 0 unspecified atom stereocenters. The zero-order valence-electron chi connectivity index (χ0n) is 13.1. The minimum absolute atomic E-state index is 0.201. The number of nitrogens with one attached hydrogen (secondary N) is 1. The summed E-state index contributed by atoms with van der Waals surface area (Å²) >= 11 is 0. The molecule has 0 fully saturated rings. The highest BCUT2D eigenvalue weighted by molar-refractivity contribution is 7.89. The lowest BCUT2D eigenvalue weighted by atomic mass is 10.0. The van der Waals surface area contributed by atoms with E-state index >= 15 is 0 Å². The number of nitriles is 1. The van der Waals surface area contributed by atoms with E-state index in [0.29, 0.717) is 13.0 Å². The summed E-state index contributed by atoms with van der Waals surface area (Å²) in [4.78, 5) is 0.201. The van der Waals surface area contributed by atoms with Crippen LogP contribution < -0.4 is 9.46 Å². The Balaban J connectivity index is 1.85. The zero-order valence-corrected chi connectivity index (χ0v) is 13.9. The largest absolute Gasteiger partial charge is 0.493 e. The summed E-state index contributed by atoms with van der Waals surface area (Å²) in [5, 5.41) is 8.69. The summed E-state index contributed by atoms with van der Waals surface area (Å²) in [5.41, 5.74) is 1.66. The Bertz CT molecular complexity index is 855. The first kappa shape index (κ1) is 16.5. The zero-order chi connectivity index (χ0) is 17.0. The normalized spacial score (nSPS) is 17.2. The molecule has 124 valence electrons. The molecule has 1 N–H and O–H groups in total. The van der Waals surface area contributed by atoms with Crippen molar-refractivity contribution in [2.75, 3.05) is 6.61 Å². The highest BCUT2D eigenvalue weighted by atomic mass is 32.2. The number of ether oxygens (including phenoxy) is 1. The molecule has 24 heavy (non-hydrogen) atoms. The molecule has 6 heteroatoms. The molecule has 0 saturated carbocycles. The molecule has 0 amide bonds. The van der Waals surface area contributed by atoms with Crippen molar-refractivity contribution in [2.45, 2.75) is 30.2 Å². The average Bonchev–Trinajstić information content (AvgIpc) is 2.78. The van der Waals surface area contributed by atoms with Crippen LogP contribution in [-0.4, -0.2) is 15.0 Å². The number of fused-ring (bicyclic) bond motifs is 1. The molecular formula is C18H18N2O3S. The van der Waals surface area contributed by atoms with Crippen molar-refractivity contribution < 1.29 is 13.2 Å². The minimum Gasteiger partial charge on any atom is -0.493 e. The van der Waals surface area contributed by atoms with Gasteiger partial charge in [0.15, 0.2) is 0 Å². The smallest absolute Gasteiger partial charge is 0.241 e. The lowest BCUT2D eigenvalue weighted by molar-refractivity contribution is 0.316. The maximum Gasteiger partial charge on any atom is 0.241 e. The van der Waals surface area contributed by atoms with Crippen LogP contribution in [-0.2, 0) is 16.4 Å². The molecule has 0 saturated heterocycles. The third-order valence-electron chi connectivity index (χ3n) is 4.00. The van der Waals surface area contributed by atoms with Gasteiger partial charge in [-0.3, -0.25) is 0 Å². The fourth-order valence-corrected chi connectivity index (χ4v) is 4.03. The molecule has 2 aromatic rings. The number of benzene rings is 2. The van der Waals surface area contributed by atoms with E-state index in [4.69, 9.17) is 10.00 Å². The number of rotatable bonds is 4. The molecule has 1 aliphatic rings. The molecule has 0 bridgehead atoms. The van der Waals surface area contributed by atoms with Crippen LogP contribution in [0.15, 0.2) is 53.4 Å². The number of hydrogen-bond donors (Lipinski definition) is 1. The first-order chi connectivity index (χ1) is 11.6. The molecule has 1 aliphatic heterocycles. The van der Waals surface area contributed by atoms with E-state index in [1.165, 1.54) is 12.1 Å². The number of hydrogen-bond acceptors (Lipinski definition) is 4. The second-order valence-electron chi connectivity index (χ2n) is 5.68. The van der Waals surface area contributed by atoms with Gasteiger partial charge in [0.25, 0.3) is 0 Å². The molecule has 1 atom stereocenters. The van der Waals surface area contributed by atoms with Crippen molar-refractivity contribution in [1.82, 2.24) is 4.72 Å². The van der Waals surface area contributed by atoms with Crippen LogP contribution in [0.1, 0.15) is 30.0 Å². The van der Waals surface area contributed by atoms with Crippen molar-refractivity contribution in [3.63, 3.8) is 0 Å². The molecule has 0 aliphatic carbocycles. The molecule has 1 heterocycles. The second-order valence-corrected chi connectivity index (χ2v) is 7.40. The summed E-state index contributed by atoms with van der Waals surface area (Å²) in [6.07, 6.45) is 1.73. The Kier molecular flexibility index (Phi) is 4.84. The van der Waals surface area contributed by atoms with Crippen molar-refractivity contribution in [1.29, 1.82) is 5.26 Å². The van der Waals surface area contributed by atoms with Gasteiger partial charge in [-0.15, -0.1) is 0 Å². The Morgan fingerprint density at radius 1 is 1.17 bits per heavy atom. The van der Waals surface area contributed by atoms with E-state index in [1.807, 2.05) is 30.3 Å². The van der Waals surface area contributed by atoms with Crippen LogP contribution >= 0.6 is 0 Å². The van der Waals surface area contributed by atoms with Gasteiger partial charge < -0.3 is 4.74 Å². The third kappa shape index (κ3) is 3.58. The summed E-state index contributed by atoms with van der Waals surface area (Å²) < 4.78 is 33.8. The first-order valence-electron chi connectivity index (χ1n) is 7.80. The second kappa shape index (κ2) is 7.04. The van der Waals surface area contributed by atoms with Crippen LogP contribution in [0.2, 0.25) is 0 Å². The topological polar surface area (TPSA) is 79.2 Å². The van der Waals surface area contributed by atoms with Gasteiger partial charge in [-0.05, 0) is 36.6 Å². The lowest BCUT2D eigenvalue weighted by Crippen LogP contribution is -2.28. The average molecular weight is 342 g/mol. The number of para-hydroxylation sites is 1. The van der Waals surface area contributed by atoms with Crippen LogP contribution in [0.3, 0.4) is 0 Å². The Morgan fingerprint density at radius 3 is 2.67 bits per heavy atom. The minimum atomic E-state index is -3.64. The fraction of sp³-hybridized carbons (Fsp3) is 0.278. The van der Waals surface area contributed by atoms with Crippen LogP contribution in [0.25, 0.3) is 0 Å². The number of nitrogens with zero attached hydrogens (tertiary/aromatic N) is 1. The van der Waals surface area contributed by atoms with Gasteiger partial charge in [-0.25, -0.2) is 13.1 Å². The predicted molar refractivity (Wildman–Crippen MR) is 90.0 cm³/mol. The van der Waals surface area contributed by atoms with Gasteiger partial charge in [0.1, 0.15) is 5.75 Å². The molecule has 2 aromatic carbocycles. The van der Waals surface area contributed by atoms with Gasteiger partial charge in [-0.2, -0.15) is 5.26 Å². The Morgan fingerprint density at radius 2 is 1.92 bits per heavy atom. The van der Waals surface area contributed by atoms with Crippen LogP contribution in [0.5, 0.6) is 5.75 Å². The van der Waals surface area contributed by atoms with Crippen molar-refractivity contribution >= 4 is 10.0 Å². The standard InChI is InChI=1S/C18H18N2O3S/c19-12-11-14-7-9-15(10-8-14)24(21,22)20-17-5-3-13-23-18-6-2-1-4-16(17)18/h1-2,4,6-10,17,20H,3,5,11,13H2/t17-/m0/s1. The molecular weight excluding hydrogens is 324 g/mol. The molecule has 0 radical (unpaired) electrons. The van der Waals surface area contributed by atoms with E-state index in [-0.39, 0.29) is 17.4 Å². The summed E-state index contributed by atoms with van der Waals surface area (Å²) in [5.74, 6) is 0.729. The monoisotopic (exact) mass is 342 g/mol. The summed E-state index contributed by atoms with van der Waals surface area (Å²) in [6.45, 7) is 0.581. The predicted octanol–water partition coefficient (Wildman–Crippen LogP) is 2.94. The summed E-state index contributed by atoms with van der Waals surface area (Å²) in [7, 11) is -3.64. The maximum absolute atomic E-state index is 12.7. The van der Waals surface area contributed by atoms with Gasteiger partial charge in [0, 0.05) is 5.56 Å². The van der Waals surface area contributed by atoms with E-state index in [0.717, 1.165) is 23.3 Å². The SMILES string of the molecule is N#CCc1ccc(S(=O)(=O)N[C@H]2CCCOc3ccccc32)cc1. The molecule has 0 spiro atoms. The van der Waals surface area contributed by atoms with Crippen LogP contribution in [0.4, 0.5) is 0 Å². The molecule has 0 aromatic heterocycles. The van der Waals surface area contributed by atoms with Gasteiger partial charge >= 0.3 is 0 Å². The first-order valence-corrected chi connectivity index (χ1v) is 9.28. The van der Waals surface area contributed by atoms with E-state index in [9.17, 15) is 8.42 Å².